The van der Waals surface area contributed by atoms with E-state index in [2.05, 4.69) is 6.07 Å². The van der Waals surface area contributed by atoms with E-state index < -0.39 is 7.14 Å². The van der Waals surface area contributed by atoms with E-state index in [9.17, 15) is 9.36 Å². The first-order chi connectivity index (χ1) is 13.4. The van der Waals surface area contributed by atoms with Crippen molar-refractivity contribution in [2.45, 2.75) is 13.8 Å². The number of aromatic nitrogens is 1. The molecule has 4 heteroatoms. The van der Waals surface area contributed by atoms with E-state index in [0.717, 1.165) is 22.0 Å². The maximum absolute atomic E-state index is 14.6. The van der Waals surface area contributed by atoms with E-state index in [-0.39, 0.29) is 5.56 Å². The summed E-state index contributed by atoms with van der Waals surface area (Å²) in [5, 5.41) is 2.64. The third-order valence-electron chi connectivity index (χ3n) is 5.25. The van der Waals surface area contributed by atoms with Gasteiger partial charge in [0.25, 0.3) is 5.56 Å². The summed E-state index contributed by atoms with van der Waals surface area (Å²) in [6.45, 7) is 4.04. The number of aryl methyl sites for hydroxylation is 3. The second kappa shape index (κ2) is 6.92. The number of pyridine rings is 1. The molecule has 1 heterocycles. The van der Waals surface area contributed by atoms with Gasteiger partial charge in [-0.25, -0.2) is 0 Å². The van der Waals surface area contributed by atoms with Gasteiger partial charge in [0.1, 0.15) is 0 Å². The van der Waals surface area contributed by atoms with Gasteiger partial charge in [-0.15, -0.1) is 0 Å². The highest BCUT2D eigenvalue weighted by Gasteiger charge is 2.33. The molecule has 4 aromatic rings. The molecular weight excluding hydrogens is 365 g/mol. The van der Waals surface area contributed by atoms with Crippen LogP contribution in [0.1, 0.15) is 11.1 Å². The van der Waals surface area contributed by atoms with Gasteiger partial charge in [-0.2, -0.15) is 0 Å². The normalized spacial score (nSPS) is 11.7. The topological polar surface area (TPSA) is 39.1 Å². The van der Waals surface area contributed by atoms with Crippen molar-refractivity contribution in [3.05, 3.63) is 100 Å². The van der Waals surface area contributed by atoms with Gasteiger partial charge in [0, 0.05) is 23.0 Å². The quantitative estimate of drug-likeness (QED) is 0.502. The molecular formula is C24H22NO2P. The zero-order valence-corrected chi connectivity index (χ0v) is 17.1. The maximum atomic E-state index is 14.6. The van der Waals surface area contributed by atoms with E-state index >= 15 is 0 Å². The maximum Gasteiger partial charge on any atom is 0.262 e. The van der Waals surface area contributed by atoms with Crippen LogP contribution in [0, 0.1) is 13.8 Å². The van der Waals surface area contributed by atoms with E-state index in [0.29, 0.717) is 15.9 Å². The molecule has 0 radical (unpaired) electrons. The van der Waals surface area contributed by atoms with Crippen molar-refractivity contribution < 1.29 is 4.57 Å². The Morgan fingerprint density at radius 2 is 1.32 bits per heavy atom. The molecule has 0 unspecified atom stereocenters. The lowest BCUT2D eigenvalue weighted by Crippen LogP contribution is -2.38. The van der Waals surface area contributed by atoms with Crippen molar-refractivity contribution in [3.8, 4) is 0 Å². The largest absolute Gasteiger partial charge is 0.311 e. The van der Waals surface area contributed by atoms with Crippen molar-refractivity contribution in [1.29, 1.82) is 0 Å². The Morgan fingerprint density at radius 1 is 0.786 bits per heavy atom. The Morgan fingerprint density at radius 3 is 1.86 bits per heavy atom. The summed E-state index contributed by atoms with van der Waals surface area (Å²) >= 11 is 0. The first-order valence-corrected chi connectivity index (χ1v) is 11.0. The molecule has 0 aliphatic heterocycles. The zero-order chi connectivity index (χ0) is 19.9. The third kappa shape index (κ3) is 2.83. The first kappa shape index (κ1) is 18.5. The average Bonchev–Trinajstić information content (AvgIpc) is 2.72. The Hall–Kier alpha value is -2.90. The molecule has 0 aliphatic carbocycles. The van der Waals surface area contributed by atoms with E-state index in [4.69, 9.17) is 0 Å². The number of rotatable bonds is 3. The predicted molar refractivity (Wildman–Crippen MR) is 118 cm³/mol. The highest BCUT2D eigenvalue weighted by Crippen LogP contribution is 2.41. The molecule has 0 amide bonds. The number of nitrogens with zero attached hydrogens (tertiary/aromatic N) is 1. The molecule has 4 rings (SSSR count). The second-order valence-electron chi connectivity index (χ2n) is 7.19. The van der Waals surface area contributed by atoms with Crippen LogP contribution < -0.4 is 21.5 Å². The number of hydrogen-bond acceptors (Lipinski definition) is 2. The average molecular weight is 387 g/mol. The van der Waals surface area contributed by atoms with Crippen molar-refractivity contribution in [1.82, 2.24) is 4.57 Å². The van der Waals surface area contributed by atoms with Crippen LogP contribution in [-0.4, -0.2) is 4.57 Å². The molecule has 0 N–H and O–H groups in total. The SMILES string of the molecule is Cc1cc(C)c2cc(P(=O)(c3ccccc3)c3ccccc3)c(=O)n(C)c2c1. The lowest BCUT2D eigenvalue weighted by atomic mass is 10.1. The molecule has 0 fully saturated rings. The van der Waals surface area contributed by atoms with Crippen LogP contribution >= 0.6 is 7.14 Å². The van der Waals surface area contributed by atoms with Crippen molar-refractivity contribution in [3.63, 3.8) is 0 Å². The zero-order valence-electron chi connectivity index (χ0n) is 16.2. The molecule has 0 aliphatic rings. The molecule has 0 saturated carbocycles. The highest BCUT2D eigenvalue weighted by atomic mass is 31.2. The van der Waals surface area contributed by atoms with Crippen molar-refractivity contribution >= 4 is 34.0 Å². The van der Waals surface area contributed by atoms with Gasteiger partial charge in [-0.3, -0.25) is 4.79 Å². The van der Waals surface area contributed by atoms with Crippen LogP contribution in [0.5, 0.6) is 0 Å². The van der Waals surface area contributed by atoms with Gasteiger partial charge in [0.2, 0.25) is 0 Å². The summed E-state index contributed by atoms with van der Waals surface area (Å²) in [5.74, 6) is 0. The number of hydrogen-bond donors (Lipinski definition) is 0. The van der Waals surface area contributed by atoms with Crippen molar-refractivity contribution in [2.75, 3.05) is 0 Å². The second-order valence-corrected chi connectivity index (χ2v) is 9.92. The molecule has 0 spiro atoms. The molecule has 140 valence electrons. The summed E-state index contributed by atoms with van der Waals surface area (Å²) in [6, 6.07) is 24.6. The molecule has 3 nitrogen and oxygen atoms in total. The van der Waals surface area contributed by atoms with Crippen molar-refractivity contribution in [2.24, 2.45) is 7.05 Å². The van der Waals surface area contributed by atoms with Crippen LogP contribution in [0.3, 0.4) is 0 Å². The Balaban J connectivity index is 2.15. The minimum absolute atomic E-state index is 0.214. The van der Waals surface area contributed by atoms with Crippen LogP contribution in [0.4, 0.5) is 0 Å². The predicted octanol–water partition coefficient (Wildman–Crippen LogP) is 3.79. The lowest BCUT2D eigenvalue weighted by molar-refractivity contribution is 0.592. The highest BCUT2D eigenvalue weighted by molar-refractivity contribution is 7.85. The summed E-state index contributed by atoms with van der Waals surface area (Å²) in [4.78, 5) is 13.4. The Kier molecular flexibility index (Phi) is 4.56. The van der Waals surface area contributed by atoms with Crippen LogP contribution in [-0.2, 0) is 11.6 Å². The summed E-state index contributed by atoms with van der Waals surface area (Å²) in [7, 11) is -1.55. The molecule has 0 bridgehead atoms. The number of benzene rings is 3. The standard InChI is InChI=1S/C24H22NO2P/c1-17-14-18(2)21-16-23(24(26)25(3)22(21)15-17)28(27,19-10-6-4-7-11-19)20-12-8-5-9-13-20/h4-16H,1-3H3. The van der Waals surface area contributed by atoms with Gasteiger partial charge in [0.15, 0.2) is 7.14 Å². The summed E-state index contributed by atoms with van der Waals surface area (Å²) in [6.07, 6.45) is 0. The molecule has 1 aromatic heterocycles. The van der Waals surface area contributed by atoms with Gasteiger partial charge >= 0.3 is 0 Å². The fourth-order valence-corrected chi connectivity index (χ4v) is 6.60. The van der Waals surface area contributed by atoms with Crippen LogP contribution in [0.25, 0.3) is 10.9 Å². The molecule has 0 saturated heterocycles. The monoisotopic (exact) mass is 387 g/mol. The third-order valence-corrected chi connectivity index (χ3v) is 8.30. The summed E-state index contributed by atoms with van der Waals surface area (Å²) in [5.41, 5.74) is 2.81. The Bertz CT molecular complexity index is 1230. The summed E-state index contributed by atoms with van der Waals surface area (Å²) < 4.78 is 16.2. The fraction of sp³-hybridized carbons (Fsp3) is 0.125. The molecule has 0 atom stereocenters. The van der Waals surface area contributed by atoms with Gasteiger partial charge in [-0.1, -0.05) is 66.7 Å². The molecule has 28 heavy (non-hydrogen) atoms. The van der Waals surface area contributed by atoms with Crippen LogP contribution in [0.15, 0.2) is 83.7 Å². The van der Waals surface area contributed by atoms with Gasteiger partial charge in [0.05, 0.1) is 10.8 Å². The number of fused-ring (bicyclic) bond motifs is 1. The molecule has 3 aromatic carbocycles. The van der Waals surface area contributed by atoms with Crippen LogP contribution in [0.2, 0.25) is 0 Å². The minimum atomic E-state index is -3.31. The Labute approximate surface area is 164 Å². The fourth-order valence-electron chi connectivity index (χ4n) is 3.83. The van der Waals surface area contributed by atoms with Gasteiger partial charge in [-0.05, 0) is 37.1 Å². The minimum Gasteiger partial charge on any atom is -0.311 e. The lowest BCUT2D eigenvalue weighted by Gasteiger charge is -2.21. The van der Waals surface area contributed by atoms with E-state index in [1.165, 1.54) is 0 Å². The van der Waals surface area contributed by atoms with Gasteiger partial charge < -0.3 is 9.13 Å². The first-order valence-electron chi connectivity index (χ1n) is 9.26. The van der Waals surface area contributed by atoms with E-state index in [1.54, 1.807) is 11.6 Å². The van der Waals surface area contributed by atoms with E-state index in [1.807, 2.05) is 86.6 Å². The smallest absolute Gasteiger partial charge is 0.262 e.